The first-order valence-electron chi connectivity index (χ1n) is 5.19. The molecule has 0 aromatic heterocycles. The van der Waals surface area contributed by atoms with Crippen LogP contribution in [0.1, 0.15) is 13.3 Å². The molecule has 17 heavy (non-hydrogen) atoms. The van der Waals surface area contributed by atoms with Crippen molar-refractivity contribution in [2.45, 2.75) is 13.3 Å². The average Bonchev–Trinajstić information content (AvgIpc) is 2.93. The van der Waals surface area contributed by atoms with E-state index in [1.54, 1.807) is 12.1 Å². The molecule has 6 heteroatoms. The topological polar surface area (TPSA) is 41.1 Å². The van der Waals surface area contributed by atoms with E-state index in [2.05, 4.69) is 10.9 Å². The van der Waals surface area contributed by atoms with Gasteiger partial charge in [-0.15, -0.1) is 0 Å². The summed E-state index contributed by atoms with van der Waals surface area (Å²) in [5.41, 5.74) is 5.78. The normalized spacial score (nSPS) is 22.1. The molecule has 3 nitrogen and oxygen atoms in total. The molecule has 0 saturated heterocycles. The predicted molar refractivity (Wildman–Crippen MR) is 70.5 cm³/mol. The van der Waals surface area contributed by atoms with E-state index in [-0.39, 0.29) is 11.8 Å². The Balaban J connectivity index is 2.01. The maximum atomic E-state index is 11.6. The smallest absolute Gasteiger partial charge is 0.241 e. The van der Waals surface area contributed by atoms with Crippen LogP contribution in [0.5, 0.6) is 0 Å². The van der Waals surface area contributed by atoms with Crippen LogP contribution in [-0.4, -0.2) is 5.91 Å². The van der Waals surface area contributed by atoms with Crippen LogP contribution in [0.25, 0.3) is 0 Å². The molecule has 0 heterocycles. The predicted octanol–water partition coefficient (Wildman–Crippen LogP) is 3.75. The molecule has 2 rings (SSSR count). The lowest BCUT2D eigenvalue weighted by Gasteiger charge is -2.11. The van der Waals surface area contributed by atoms with E-state index in [9.17, 15) is 4.79 Å². The summed E-state index contributed by atoms with van der Waals surface area (Å²) < 4.78 is 0. The van der Waals surface area contributed by atoms with Crippen molar-refractivity contribution >= 4 is 46.4 Å². The van der Waals surface area contributed by atoms with E-state index in [1.807, 2.05) is 6.92 Å². The van der Waals surface area contributed by atoms with Gasteiger partial charge in [-0.1, -0.05) is 41.7 Å². The summed E-state index contributed by atoms with van der Waals surface area (Å²) in [4.78, 5) is 11.6. The first-order chi connectivity index (χ1) is 7.99. The molecule has 1 aliphatic rings. The molecule has 1 amide bonds. The first-order valence-corrected chi connectivity index (χ1v) is 6.33. The molecule has 2 N–H and O–H groups in total. The van der Waals surface area contributed by atoms with Crippen molar-refractivity contribution < 1.29 is 4.79 Å². The van der Waals surface area contributed by atoms with Gasteiger partial charge in [0.2, 0.25) is 5.91 Å². The largest absolute Gasteiger partial charge is 0.296 e. The zero-order valence-corrected chi connectivity index (χ0v) is 11.3. The summed E-state index contributed by atoms with van der Waals surface area (Å²) in [6, 6.07) is 3.12. The van der Waals surface area contributed by atoms with E-state index in [0.717, 1.165) is 6.42 Å². The van der Waals surface area contributed by atoms with Crippen molar-refractivity contribution in [1.29, 1.82) is 0 Å². The van der Waals surface area contributed by atoms with E-state index in [0.29, 0.717) is 26.7 Å². The van der Waals surface area contributed by atoms with Crippen molar-refractivity contribution in [2.75, 3.05) is 5.43 Å². The van der Waals surface area contributed by atoms with Crippen LogP contribution in [0, 0.1) is 11.8 Å². The molecule has 1 saturated carbocycles. The SMILES string of the molecule is CC1CC1C(=O)NNc1c(Cl)cc(Cl)cc1Cl. The van der Waals surface area contributed by atoms with Crippen molar-refractivity contribution in [3.8, 4) is 0 Å². The Morgan fingerprint density at radius 2 is 1.82 bits per heavy atom. The Morgan fingerprint density at radius 1 is 1.29 bits per heavy atom. The summed E-state index contributed by atoms with van der Waals surface area (Å²) in [6.45, 7) is 2.03. The molecule has 1 aromatic rings. The second kappa shape index (κ2) is 4.92. The van der Waals surface area contributed by atoms with Gasteiger partial charge in [0.1, 0.15) is 0 Å². The summed E-state index contributed by atoms with van der Waals surface area (Å²) in [7, 11) is 0. The summed E-state index contributed by atoms with van der Waals surface area (Å²) in [5.74, 6) is 0.500. The molecule has 92 valence electrons. The minimum atomic E-state index is -0.0421. The molecular weight excluding hydrogens is 282 g/mol. The van der Waals surface area contributed by atoms with Crippen molar-refractivity contribution in [2.24, 2.45) is 11.8 Å². The number of nitrogens with one attached hydrogen (secondary N) is 2. The van der Waals surface area contributed by atoms with Crippen LogP contribution in [0.4, 0.5) is 5.69 Å². The minimum Gasteiger partial charge on any atom is -0.296 e. The van der Waals surface area contributed by atoms with Crippen LogP contribution in [0.2, 0.25) is 15.1 Å². The van der Waals surface area contributed by atoms with Gasteiger partial charge in [0, 0.05) is 10.9 Å². The van der Waals surface area contributed by atoms with Gasteiger partial charge in [-0.2, -0.15) is 0 Å². The molecule has 1 fully saturated rings. The zero-order chi connectivity index (χ0) is 12.6. The first kappa shape index (κ1) is 12.8. The lowest BCUT2D eigenvalue weighted by molar-refractivity contribution is -0.122. The third-order valence-corrected chi connectivity index (χ3v) is 3.58. The summed E-state index contributed by atoms with van der Waals surface area (Å²) in [6.07, 6.45) is 0.926. The quantitative estimate of drug-likeness (QED) is 0.833. The standard InChI is InChI=1S/C11H11Cl3N2O/c1-5-2-7(5)11(17)16-15-10-8(13)3-6(12)4-9(10)14/h3-5,7,15H,2H2,1H3,(H,16,17). The maximum Gasteiger partial charge on any atom is 0.241 e. The molecular formula is C11H11Cl3N2O. The number of benzene rings is 1. The van der Waals surface area contributed by atoms with Crippen LogP contribution in [0.3, 0.4) is 0 Å². The molecule has 2 unspecified atom stereocenters. The highest BCUT2D eigenvalue weighted by molar-refractivity contribution is 6.41. The van der Waals surface area contributed by atoms with Gasteiger partial charge in [0.25, 0.3) is 0 Å². The van der Waals surface area contributed by atoms with Gasteiger partial charge < -0.3 is 0 Å². The number of amides is 1. The van der Waals surface area contributed by atoms with Gasteiger partial charge >= 0.3 is 0 Å². The Morgan fingerprint density at radius 3 is 2.29 bits per heavy atom. The van der Waals surface area contributed by atoms with Gasteiger partial charge in [-0.05, 0) is 24.5 Å². The lowest BCUT2D eigenvalue weighted by Crippen LogP contribution is -2.31. The molecule has 1 aromatic carbocycles. The van der Waals surface area contributed by atoms with Crippen LogP contribution < -0.4 is 10.9 Å². The number of carbonyl (C=O) groups excluding carboxylic acids is 1. The third kappa shape index (κ3) is 2.97. The summed E-state index contributed by atoms with van der Waals surface area (Å²) >= 11 is 17.7. The van der Waals surface area contributed by atoms with E-state index in [4.69, 9.17) is 34.8 Å². The van der Waals surface area contributed by atoms with Crippen LogP contribution >= 0.6 is 34.8 Å². The van der Waals surface area contributed by atoms with Crippen LogP contribution in [-0.2, 0) is 4.79 Å². The molecule has 0 spiro atoms. The highest BCUT2D eigenvalue weighted by atomic mass is 35.5. The molecule has 1 aliphatic carbocycles. The molecule has 0 radical (unpaired) electrons. The second-order valence-electron chi connectivity index (χ2n) is 4.18. The van der Waals surface area contributed by atoms with Crippen molar-refractivity contribution in [1.82, 2.24) is 5.43 Å². The van der Waals surface area contributed by atoms with Gasteiger partial charge in [0.15, 0.2) is 0 Å². The number of halogens is 3. The monoisotopic (exact) mass is 292 g/mol. The Kier molecular flexibility index (Phi) is 3.71. The van der Waals surface area contributed by atoms with E-state index < -0.39 is 0 Å². The zero-order valence-electron chi connectivity index (χ0n) is 9.06. The number of rotatable bonds is 3. The minimum absolute atomic E-state index is 0.0421. The second-order valence-corrected chi connectivity index (χ2v) is 5.43. The molecule has 0 aliphatic heterocycles. The van der Waals surface area contributed by atoms with E-state index in [1.165, 1.54) is 0 Å². The number of hydrazine groups is 1. The van der Waals surface area contributed by atoms with E-state index >= 15 is 0 Å². The number of hydrogen-bond acceptors (Lipinski definition) is 2. The van der Waals surface area contributed by atoms with Gasteiger partial charge in [0.05, 0.1) is 15.7 Å². The number of carbonyl (C=O) groups is 1. The van der Waals surface area contributed by atoms with Gasteiger partial charge in [-0.25, -0.2) is 0 Å². The molecule has 2 atom stereocenters. The van der Waals surface area contributed by atoms with Crippen molar-refractivity contribution in [3.63, 3.8) is 0 Å². The average molecular weight is 294 g/mol. The number of anilines is 1. The maximum absolute atomic E-state index is 11.6. The molecule has 0 bridgehead atoms. The Bertz CT molecular complexity index is 441. The highest BCUT2D eigenvalue weighted by Crippen LogP contribution is 2.38. The fourth-order valence-corrected chi connectivity index (χ4v) is 2.48. The lowest BCUT2D eigenvalue weighted by atomic mass is 10.3. The van der Waals surface area contributed by atoms with Crippen LogP contribution in [0.15, 0.2) is 12.1 Å². The summed E-state index contributed by atoms with van der Waals surface area (Å²) in [5, 5.41) is 1.19. The fourth-order valence-electron chi connectivity index (χ4n) is 1.57. The Labute approximate surface area is 114 Å². The highest BCUT2D eigenvalue weighted by Gasteiger charge is 2.39. The number of hydrogen-bond donors (Lipinski definition) is 2. The van der Waals surface area contributed by atoms with Gasteiger partial charge in [-0.3, -0.25) is 15.6 Å². The third-order valence-electron chi connectivity index (χ3n) is 2.76. The van der Waals surface area contributed by atoms with Crippen molar-refractivity contribution in [3.05, 3.63) is 27.2 Å². The fraction of sp³-hybridized carbons (Fsp3) is 0.364. The Hall–Kier alpha value is -0.640.